The number of rotatable bonds is 4. The van der Waals surface area contributed by atoms with Crippen LogP contribution in [0.4, 0.5) is 5.69 Å². The Kier molecular flexibility index (Phi) is 4.21. The maximum Gasteiger partial charge on any atom is 0.232 e. The number of benzene rings is 3. The molecule has 0 atom stereocenters. The molecule has 0 saturated carbocycles. The normalized spacial score (nSPS) is 12.4. The van der Waals surface area contributed by atoms with Gasteiger partial charge in [0.05, 0.1) is 5.92 Å². The van der Waals surface area contributed by atoms with Gasteiger partial charge in [-0.3, -0.25) is 4.79 Å². The third-order valence-corrected chi connectivity index (χ3v) is 5.02. The lowest BCUT2D eigenvalue weighted by atomic mass is 9.96. The van der Waals surface area contributed by atoms with E-state index in [2.05, 4.69) is 58.7 Å². The van der Waals surface area contributed by atoms with E-state index in [1.807, 2.05) is 38.4 Å². The Bertz CT molecular complexity index is 899. The highest BCUT2D eigenvalue weighted by Crippen LogP contribution is 2.44. The van der Waals surface area contributed by atoms with Gasteiger partial charge in [-0.25, -0.2) is 0 Å². The first-order valence-electron chi connectivity index (χ1n) is 8.87. The van der Waals surface area contributed by atoms with Crippen molar-refractivity contribution in [2.24, 2.45) is 0 Å². The standard InChI is InChI=1S/C23H22N2O/c1-25(2)17-13-11-16(12-14-17)15-24-23(26)22-20-9-5-3-7-18(20)19-8-4-6-10-21(19)22/h3-14,22H,15H2,1-2H3,(H,24,26). The Labute approximate surface area is 154 Å². The van der Waals surface area contributed by atoms with Crippen LogP contribution in [0.5, 0.6) is 0 Å². The number of amides is 1. The molecule has 1 aliphatic carbocycles. The van der Waals surface area contributed by atoms with Gasteiger partial charge in [0.2, 0.25) is 5.91 Å². The van der Waals surface area contributed by atoms with E-state index in [0.717, 1.165) is 22.4 Å². The van der Waals surface area contributed by atoms with Gasteiger partial charge in [0, 0.05) is 26.3 Å². The SMILES string of the molecule is CN(C)c1ccc(CNC(=O)C2c3ccccc3-c3ccccc32)cc1. The molecule has 0 unspecified atom stereocenters. The zero-order valence-electron chi connectivity index (χ0n) is 15.1. The van der Waals surface area contributed by atoms with Crippen LogP contribution in [0.25, 0.3) is 11.1 Å². The number of nitrogens with zero attached hydrogens (tertiary/aromatic N) is 1. The van der Waals surface area contributed by atoms with E-state index in [0.29, 0.717) is 6.54 Å². The maximum atomic E-state index is 13.0. The summed E-state index contributed by atoms with van der Waals surface area (Å²) in [5, 5.41) is 3.12. The van der Waals surface area contributed by atoms with E-state index in [4.69, 9.17) is 0 Å². The number of anilines is 1. The molecular formula is C23H22N2O. The van der Waals surface area contributed by atoms with E-state index in [-0.39, 0.29) is 11.8 Å². The minimum absolute atomic E-state index is 0.0547. The Morgan fingerprint density at radius 1 is 0.846 bits per heavy atom. The fourth-order valence-electron chi connectivity index (χ4n) is 3.64. The summed E-state index contributed by atoms with van der Waals surface area (Å²) in [5.41, 5.74) is 6.77. The lowest BCUT2D eigenvalue weighted by Gasteiger charge is -2.15. The van der Waals surface area contributed by atoms with E-state index in [1.165, 1.54) is 11.1 Å². The zero-order chi connectivity index (χ0) is 18.1. The van der Waals surface area contributed by atoms with Gasteiger partial charge in [-0.2, -0.15) is 0 Å². The number of carbonyl (C=O) groups is 1. The van der Waals surface area contributed by atoms with Crippen LogP contribution < -0.4 is 10.2 Å². The summed E-state index contributed by atoms with van der Waals surface area (Å²) in [4.78, 5) is 15.1. The number of carbonyl (C=O) groups excluding carboxylic acids is 1. The third-order valence-electron chi connectivity index (χ3n) is 5.02. The fourth-order valence-corrected chi connectivity index (χ4v) is 3.64. The summed E-state index contributed by atoms with van der Waals surface area (Å²) in [5.74, 6) is -0.178. The maximum absolute atomic E-state index is 13.0. The number of hydrogen-bond donors (Lipinski definition) is 1. The third kappa shape index (κ3) is 2.86. The van der Waals surface area contributed by atoms with Crippen molar-refractivity contribution in [1.82, 2.24) is 5.32 Å². The van der Waals surface area contributed by atoms with Crippen molar-refractivity contribution in [3.05, 3.63) is 89.5 Å². The summed E-state index contributed by atoms with van der Waals surface area (Å²) in [6.45, 7) is 0.535. The van der Waals surface area contributed by atoms with Gasteiger partial charge in [0.1, 0.15) is 0 Å². The topological polar surface area (TPSA) is 32.3 Å². The van der Waals surface area contributed by atoms with Crippen molar-refractivity contribution in [2.75, 3.05) is 19.0 Å². The van der Waals surface area contributed by atoms with Gasteiger partial charge in [-0.1, -0.05) is 60.7 Å². The molecule has 0 aliphatic heterocycles. The highest BCUT2D eigenvalue weighted by molar-refractivity contribution is 5.96. The van der Waals surface area contributed by atoms with Crippen LogP contribution in [0.2, 0.25) is 0 Å². The van der Waals surface area contributed by atoms with Gasteiger partial charge in [-0.05, 0) is 39.9 Å². The summed E-state index contributed by atoms with van der Waals surface area (Å²) < 4.78 is 0. The molecule has 3 aromatic carbocycles. The van der Waals surface area contributed by atoms with Crippen LogP contribution in [0, 0.1) is 0 Å². The number of fused-ring (bicyclic) bond motifs is 3. The van der Waals surface area contributed by atoms with Gasteiger partial charge in [0.25, 0.3) is 0 Å². The molecule has 3 heteroatoms. The molecule has 26 heavy (non-hydrogen) atoms. The Balaban J connectivity index is 1.55. The smallest absolute Gasteiger partial charge is 0.232 e. The monoisotopic (exact) mass is 342 g/mol. The molecule has 1 N–H and O–H groups in total. The van der Waals surface area contributed by atoms with Crippen LogP contribution in [0.3, 0.4) is 0 Å². The van der Waals surface area contributed by atoms with Gasteiger partial charge >= 0.3 is 0 Å². The molecule has 3 nitrogen and oxygen atoms in total. The summed E-state index contributed by atoms with van der Waals surface area (Å²) in [6, 6.07) is 24.7. The van der Waals surface area contributed by atoms with Crippen LogP contribution >= 0.6 is 0 Å². The second kappa shape index (κ2) is 6.68. The van der Waals surface area contributed by atoms with Crippen molar-refractivity contribution in [2.45, 2.75) is 12.5 Å². The Morgan fingerprint density at radius 3 is 1.92 bits per heavy atom. The molecule has 130 valence electrons. The molecule has 0 spiro atoms. The van der Waals surface area contributed by atoms with Crippen molar-refractivity contribution in [1.29, 1.82) is 0 Å². The average molecular weight is 342 g/mol. The number of nitrogens with one attached hydrogen (secondary N) is 1. The Morgan fingerprint density at radius 2 is 1.38 bits per heavy atom. The lowest BCUT2D eigenvalue weighted by Crippen LogP contribution is -2.28. The molecule has 4 rings (SSSR count). The molecule has 0 bridgehead atoms. The van der Waals surface area contributed by atoms with Gasteiger partial charge in [-0.15, -0.1) is 0 Å². The predicted octanol–water partition coefficient (Wildman–Crippen LogP) is 4.18. The van der Waals surface area contributed by atoms with Gasteiger partial charge in [0.15, 0.2) is 0 Å². The molecule has 3 aromatic rings. The Hall–Kier alpha value is -3.07. The largest absolute Gasteiger partial charge is 0.378 e. The van der Waals surface area contributed by atoms with E-state index in [1.54, 1.807) is 0 Å². The van der Waals surface area contributed by atoms with Crippen molar-refractivity contribution in [3.63, 3.8) is 0 Å². The highest BCUT2D eigenvalue weighted by atomic mass is 16.1. The van der Waals surface area contributed by atoms with E-state index >= 15 is 0 Å². The predicted molar refractivity (Wildman–Crippen MR) is 106 cm³/mol. The minimum Gasteiger partial charge on any atom is -0.378 e. The van der Waals surface area contributed by atoms with E-state index in [9.17, 15) is 4.79 Å². The molecular weight excluding hydrogens is 320 g/mol. The minimum atomic E-state index is -0.233. The van der Waals surface area contributed by atoms with Crippen LogP contribution in [-0.2, 0) is 11.3 Å². The van der Waals surface area contributed by atoms with E-state index < -0.39 is 0 Å². The molecule has 0 heterocycles. The van der Waals surface area contributed by atoms with Crippen molar-refractivity contribution in [3.8, 4) is 11.1 Å². The average Bonchev–Trinajstić information content (AvgIpc) is 3.01. The van der Waals surface area contributed by atoms with Crippen LogP contribution in [0.1, 0.15) is 22.6 Å². The molecule has 0 radical (unpaired) electrons. The van der Waals surface area contributed by atoms with Crippen LogP contribution in [-0.4, -0.2) is 20.0 Å². The first kappa shape index (κ1) is 16.4. The molecule has 1 aliphatic rings. The fraction of sp³-hybridized carbons (Fsp3) is 0.174. The molecule has 0 saturated heterocycles. The quantitative estimate of drug-likeness (QED) is 0.771. The van der Waals surface area contributed by atoms with Crippen LogP contribution in [0.15, 0.2) is 72.8 Å². The number of hydrogen-bond acceptors (Lipinski definition) is 2. The lowest BCUT2D eigenvalue weighted by molar-refractivity contribution is -0.121. The summed E-state index contributed by atoms with van der Waals surface area (Å²) in [6.07, 6.45) is 0. The van der Waals surface area contributed by atoms with Gasteiger partial charge < -0.3 is 10.2 Å². The van der Waals surface area contributed by atoms with Crippen molar-refractivity contribution >= 4 is 11.6 Å². The second-order valence-corrected chi connectivity index (χ2v) is 6.89. The first-order valence-corrected chi connectivity index (χ1v) is 8.87. The summed E-state index contributed by atoms with van der Waals surface area (Å²) >= 11 is 0. The zero-order valence-corrected chi connectivity index (χ0v) is 15.1. The first-order chi connectivity index (χ1) is 12.6. The second-order valence-electron chi connectivity index (χ2n) is 6.89. The highest BCUT2D eigenvalue weighted by Gasteiger charge is 2.33. The molecule has 1 amide bonds. The summed E-state index contributed by atoms with van der Waals surface area (Å²) in [7, 11) is 4.04. The molecule has 0 aromatic heterocycles. The van der Waals surface area contributed by atoms with Crippen molar-refractivity contribution < 1.29 is 4.79 Å². The molecule has 0 fully saturated rings.